The van der Waals surface area contributed by atoms with E-state index in [0.717, 1.165) is 77.2 Å². The van der Waals surface area contributed by atoms with E-state index in [1.54, 1.807) is 24.5 Å². The van der Waals surface area contributed by atoms with E-state index in [-0.39, 0.29) is 133 Å². The molecule has 0 aliphatic heterocycles. The molecule has 430 valence electrons. The monoisotopic (exact) mass is 1340 g/mol. The average Bonchev–Trinajstić information content (AvgIpc) is 4.10. The molecule has 0 spiro atoms. The molecule has 0 unspecified atom stereocenters. The number of halogens is 3. The molecule has 4 aromatic heterocycles. The van der Waals surface area contributed by atoms with Crippen molar-refractivity contribution in [1.82, 2.24) is 19.9 Å². The van der Waals surface area contributed by atoms with E-state index < -0.39 is 0 Å². The van der Waals surface area contributed by atoms with E-state index in [4.69, 9.17) is 38.2 Å². The summed E-state index contributed by atoms with van der Waals surface area (Å²) < 4.78 is 45.7. The van der Waals surface area contributed by atoms with Crippen molar-refractivity contribution in [2.45, 2.75) is 52.4 Å². The number of hydrogen-bond donors (Lipinski definition) is 1. The molecule has 0 amide bonds. The van der Waals surface area contributed by atoms with Gasteiger partial charge in [-0.15, -0.1) is 0 Å². The van der Waals surface area contributed by atoms with Gasteiger partial charge >= 0.3 is 103 Å². The van der Waals surface area contributed by atoms with Crippen molar-refractivity contribution in [2.24, 2.45) is 0 Å². The summed E-state index contributed by atoms with van der Waals surface area (Å²) in [7, 11) is 0. The van der Waals surface area contributed by atoms with E-state index >= 15 is 0 Å². The van der Waals surface area contributed by atoms with Crippen molar-refractivity contribution in [3.63, 3.8) is 0 Å². The molecule has 0 aliphatic rings. The van der Waals surface area contributed by atoms with Crippen molar-refractivity contribution in [1.29, 1.82) is 0 Å². The van der Waals surface area contributed by atoms with Crippen LogP contribution in [-0.4, -0.2) is 31.5 Å². The Hall–Kier alpha value is -6.21. The number of rotatable bonds is 11. The first-order valence-corrected chi connectivity index (χ1v) is 28.2. The fraction of sp³-hybridized carbons (Fsp3) is 0.116. The molecule has 0 atom stereocenters. The predicted octanol–water partition coefficient (Wildman–Crippen LogP) is 12.7. The van der Waals surface area contributed by atoms with Gasteiger partial charge in [0, 0.05) is 34.6 Å². The zero-order valence-corrected chi connectivity index (χ0v) is 58.4. The molecule has 12 aromatic rings. The summed E-state index contributed by atoms with van der Waals surface area (Å²) >= 11 is 7.02. The first-order chi connectivity index (χ1) is 40.9. The Morgan fingerprint density at radius 3 is 1.20 bits per heavy atom. The maximum absolute atomic E-state index is 14.3. The van der Waals surface area contributed by atoms with E-state index in [2.05, 4.69) is 89.6 Å². The zero-order chi connectivity index (χ0) is 60.1. The molecule has 8 aromatic carbocycles. The predicted molar refractivity (Wildman–Crippen MR) is 334 cm³/mol. The van der Waals surface area contributed by atoms with Crippen LogP contribution in [0.1, 0.15) is 54.1 Å². The number of hydrogen-bond acceptors (Lipinski definition) is 13. The standard InChI is InChI=1S/C34H27BrN2O3.C23H19BrFNO2.C11H9NO.CH2O3.2K.H/c1-34(2,3)24-20-30(38-25-15-11-22(12-16-25)27-8-6-7-19-36-27)32(35)31(21-24)39-26-17-13-23(14-18-26)33-37-28-9-4-5-10-29(28)40-33;1-23(2,3)15-12-17(25)21(24)20(13-15)27-16-10-8-14(9-11-16)22-26-18-6-4-5-7-19(18)28-22;13-10-6-4-9(5-7-10)11-3-1-2-8-12-11;2-1-4-3;;;/h4-21H,1-3H3;4-13H,1-3H3;1-8,13H;1,3H;;;/q;;;;2*+1;-1/p-1. The first kappa shape index (κ1) is 68.3. The molecule has 0 radical (unpaired) electrons. The Bertz CT molecular complexity index is 4110. The number of phenols is 1. The maximum Gasteiger partial charge on any atom is 1.00 e. The summed E-state index contributed by atoms with van der Waals surface area (Å²) in [5.74, 6) is 4.87. The molecule has 18 heteroatoms. The summed E-state index contributed by atoms with van der Waals surface area (Å²) in [6.45, 7) is 12.4. The van der Waals surface area contributed by atoms with Gasteiger partial charge in [-0.05, 0) is 224 Å². The fourth-order valence-electron chi connectivity index (χ4n) is 8.32. The number of carbonyl (C=O) groups excluding carboxylic acids is 1. The minimum Gasteiger partial charge on any atom is -1.00 e. The molecule has 0 saturated carbocycles. The Morgan fingerprint density at radius 1 is 0.494 bits per heavy atom. The van der Waals surface area contributed by atoms with Gasteiger partial charge in [-0.1, -0.05) is 77.9 Å². The van der Waals surface area contributed by atoms with Crippen LogP contribution in [0, 0.1) is 5.82 Å². The van der Waals surface area contributed by atoms with Crippen molar-refractivity contribution in [3.05, 3.63) is 245 Å². The summed E-state index contributed by atoms with van der Waals surface area (Å²) in [5.41, 5.74) is 10.4. The third-order valence-electron chi connectivity index (χ3n) is 12.9. The van der Waals surface area contributed by atoms with Gasteiger partial charge < -0.3 is 39.7 Å². The third-order valence-corrected chi connectivity index (χ3v) is 14.4. The summed E-state index contributed by atoms with van der Waals surface area (Å²) in [6.07, 6.45) is 3.54. The largest absolute Gasteiger partial charge is 1.00 e. The molecular weight excluding hydrogens is 1290 g/mol. The number of oxazole rings is 2. The molecule has 0 aliphatic carbocycles. The number of carbonyl (C=O) groups is 1. The second-order valence-electron chi connectivity index (χ2n) is 21.1. The van der Waals surface area contributed by atoms with Gasteiger partial charge in [0.2, 0.25) is 11.8 Å². The zero-order valence-electron chi connectivity index (χ0n) is 50.0. The number of para-hydroxylation sites is 4. The minimum atomic E-state index is -0.342. The average molecular weight is 1340 g/mol. The van der Waals surface area contributed by atoms with Crippen molar-refractivity contribution >= 4 is 60.5 Å². The summed E-state index contributed by atoms with van der Waals surface area (Å²) in [6, 6.07) is 64.5. The Balaban J connectivity index is 0.000000223. The summed E-state index contributed by atoms with van der Waals surface area (Å²) in [5, 5.41) is 17.5. The van der Waals surface area contributed by atoms with Crippen molar-refractivity contribution in [3.8, 4) is 85.7 Å². The molecule has 13 nitrogen and oxygen atoms in total. The Morgan fingerprint density at radius 2 is 0.839 bits per heavy atom. The quantitative estimate of drug-likeness (QED) is 0.0561. The molecule has 4 heterocycles. The Labute approximate surface area is 606 Å². The van der Waals surface area contributed by atoms with E-state index in [9.17, 15) is 4.39 Å². The van der Waals surface area contributed by atoms with Gasteiger partial charge in [-0.25, -0.2) is 14.4 Å². The van der Waals surface area contributed by atoms with Crippen LogP contribution in [0.3, 0.4) is 0 Å². The van der Waals surface area contributed by atoms with Crippen LogP contribution in [-0.2, 0) is 20.5 Å². The van der Waals surface area contributed by atoms with Crippen LogP contribution >= 0.6 is 31.9 Å². The van der Waals surface area contributed by atoms with Gasteiger partial charge in [0.05, 0.1) is 15.9 Å². The van der Waals surface area contributed by atoms with Gasteiger partial charge in [0.15, 0.2) is 11.2 Å². The smallest absolute Gasteiger partial charge is 1.00 e. The van der Waals surface area contributed by atoms with Crippen molar-refractivity contribution in [2.75, 3.05) is 0 Å². The Kier molecular flexibility index (Phi) is 25.0. The summed E-state index contributed by atoms with van der Waals surface area (Å²) in [4.78, 5) is 29.0. The number of benzene rings is 8. The third kappa shape index (κ3) is 18.7. The van der Waals surface area contributed by atoms with Crippen molar-refractivity contribution < 1.29 is 152 Å². The molecule has 0 saturated heterocycles. The number of pyridine rings is 2. The molecule has 12 rings (SSSR count). The SMILES string of the molecule is CC(C)(C)c1cc(F)c(Br)c(Oc2ccc(-c3nc4ccccc4o3)cc2)c1.CC(C)(C)c1cc(Oc2ccc(-c3ccccn3)cc2)c(Br)c(Oc2ccc(-c3nc4ccccc4o3)cc2)c1.O=CO[O-].Oc1ccc(-c2ccccn2)cc1.[H-].[K+].[K+]. The number of phenolic OH excluding ortho intramolecular Hbond substituents is 1. The van der Waals surface area contributed by atoms with Crippen LogP contribution in [0.15, 0.2) is 236 Å². The van der Waals surface area contributed by atoms with Gasteiger partial charge in [0.25, 0.3) is 6.47 Å². The number of aromatic nitrogens is 4. The fourth-order valence-corrected chi connectivity index (χ4v) is 9.02. The number of ether oxygens (including phenoxy) is 3. The molecule has 0 fully saturated rings. The molecule has 1 N–H and O–H groups in total. The molecule has 87 heavy (non-hydrogen) atoms. The van der Waals surface area contributed by atoms with Gasteiger partial charge in [-0.2, -0.15) is 0 Å². The minimum absolute atomic E-state index is 0. The van der Waals surface area contributed by atoms with Crippen LogP contribution in [0.4, 0.5) is 4.39 Å². The van der Waals surface area contributed by atoms with Crippen LogP contribution in [0.25, 0.3) is 67.6 Å². The second kappa shape index (κ2) is 31.8. The second-order valence-corrected chi connectivity index (χ2v) is 22.7. The van der Waals surface area contributed by atoms with Gasteiger partial charge in [-0.3, -0.25) is 14.8 Å². The van der Waals surface area contributed by atoms with E-state index in [1.165, 1.54) is 6.07 Å². The number of aromatic hydroxyl groups is 1. The first-order valence-electron chi connectivity index (χ1n) is 26.7. The number of nitrogens with zero attached hydrogens (tertiary/aromatic N) is 4. The van der Waals surface area contributed by atoms with E-state index in [0.29, 0.717) is 45.0 Å². The number of fused-ring (bicyclic) bond motifs is 2. The van der Waals surface area contributed by atoms with Crippen LogP contribution in [0.5, 0.6) is 40.2 Å². The molecule has 0 bridgehead atoms. The van der Waals surface area contributed by atoms with Gasteiger partial charge in [0.1, 0.15) is 61.6 Å². The topological polar surface area (TPSA) is 175 Å². The maximum atomic E-state index is 14.3. The van der Waals surface area contributed by atoms with Crippen LogP contribution in [0.2, 0.25) is 0 Å². The van der Waals surface area contributed by atoms with Crippen LogP contribution < -0.4 is 122 Å². The van der Waals surface area contributed by atoms with E-state index in [1.807, 2.05) is 197 Å². The molecular formula is C69H57Br2FK2N4O9. The normalized spacial score (nSPS) is 10.8.